The highest BCUT2D eigenvalue weighted by Crippen LogP contribution is 2.74. The van der Waals surface area contributed by atoms with E-state index >= 15 is 0 Å². The molecule has 0 amide bonds. The van der Waals surface area contributed by atoms with Crippen molar-refractivity contribution in [2.45, 2.75) is 134 Å². The van der Waals surface area contributed by atoms with Crippen LogP contribution in [0, 0.1) is 0 Å². The molecule has 0 bridgehead atoms. The molecule has 0 heterocycles. The lowest BCUT2D eigenvalue weighted by Crippen LogP contribution is -2.29. The van der Waals surface area contributed by atoms with E-state index in [4.69, 9.17) is 3.63 Å². The lowest BCUT2D eigenvalue weighted by atomic mass is 9.76. The van der Waals surface area contributed by atoms with E-state index in [1.54, 1.807) is 48.5 Å². The van der Waals surface area contributed by atoms with Crippen molar-refractivity contribution in [2.75, 3.05) is 0 Å². The van der Waals surface area contributed by atoms with Crippen LogP contribution < -0.4 is 0 Å². The maximum atomic E-state index is 14.4. The van der Waals surface area contributed by atoms with Gasteiger partial charge in [-0.15, -0.1) is 0 Å². The van der Waals surface area contributed by atoms with E-state index in [0.29, 0.717) is 20.6 Å². The number of hydrogen-bond donors (Lipinski definition) is 0. The molecule has 0 radical (unpaired) electrons. The summed E-state index contributed by atoms with van der Waals surface area (Å²) in [6.07, 6.45) is 16.1. The van der Waals surface area contributed by atoms with Gasteiger partial charge in [0.05, 0.1) is 0 Å². The van der Waals surface area contributed by atoms with E-state index in [2.05, 4.69) is 12.1 Å². The topological polar surface area (TPSA) is 43.4 Å². The highest BCUT2D eigenvalue weighted by atomic mass is 32.3. The van der Waals surface area contributed by atoms with Gasteiger partial charge in [0, 0.05) is 14.7 Å². The summed E-state index contributed by atoms with van der Waals surface area (Å²) in [7, 11) is -9.38. The number of benzene rings is 3. The fourth-order valence-corrected chi connectivity index (χ4v) is 13.2. The minimum absolute atomic E-state index is 0.135. The molecule has 3 aromatic rings. The highest BCUT2D eigenvalue weighted by Gasteiger charge is 2.53. The molecule has 0 aliphatic heterocycles. The van der Waals surface area contributed by atoms with Gasteiger partial charge >= 0.3 is 15.6 Å². The molecule has 3 saturated carbocycles. The standard InChI is InChI=1S/C37H45F3O3S2/c38-37(39,40)45(41,42)43-44(32-22-12-4-13-23-32,33-24-14-5-15-25-33)36-34(29-18-8-2-9-19-29)26-31(28-16-6-1-7-17-28)27-35(36)30-20-10-3-11-21-30/h4-5,12-15,22-30H,1-3,6-11,16-21H2. The number of hydrogen-bond acceptors (Lipinski definition) is 3. The summed E-state index contributed by atoms with van der Waals surface area (Å²) in [5.41, 5.74) is -2.23. The van der Waals surface area contributed by atoms with Crippen LogP contribution in [-0.4, -0.2) is 13.9 Å². The summed E-state index contributed by atoms with van der Waals surface area (Å²) in [5, 5.41) is 0. The van der Waals surface area contributed by atoms with Gasteiger partial charge in [-0.25, -0.2) is 0 Å². The normalized spacial score (nSPS) is 20.2. The fraction of sp³-hybridized carbons (Fsp3) is 0.514. The Balaban J connectivity index is 1.74. The molecule has 3 aliphatic rings. The minimum Gasteiger partial charge on any atom is -0.200 e. The van der Waals surface area contributed by atoms with Crippen molar-refractivity contribution in [3.63, 3.8) is 0 Å². The number of alkyl halides is 3. The molecule has 3 aliphatic carbocycles. The molecule has 6 rings (SSSR count). The van der Waals surface area contributed by atoms with Crippen molar-refractivity contribution < 1.29 is 25.2 Å². The van der Waals surface area contributed by atoms with Gasteiger partial charge in [0.1, 0.15) is 0 Å². The van der Waals surface area contributed by atoms with Crippen LogP contribution in [0.4, 0.5) is 13.2 Å². The van der Waals surface area contributed by atoms with Crippen LogP contribution in [0.2, 0.25) is 0 Å². The Kier molecular flexibility index (Phi) is 10.0. The predicted octanol–water partition coefficient (Wildman–Crippen LogP) is 11.9. The second-order valence-corrected chi connectivity index (χ2v) is 17.6. The number of rotatable bonds is 8. The highest BCUT2D eigenvalue weighted by molar-refractivity contribution is 8.33. The van der Waals surface area contributed by atoms with Gasteiger partial charge in [0.25, 0.3) is 0 Å². The zero-order valence-corrected chi connectivity index (χ0v) is 27.6. The van der Waals surface area contributed by atoms with Crippen LogP contribution >= 0.6 is 10.3 Å². The molecular formula is C37H45F3O3S2. The monoisotopic (exact) mass is 658 g/mol. The third kappa shape index (κ3) is 6.75. The largest absolute Gasteiger partial charge is 0.524 e. The quantitative estimate of drug-likeness (QED) is 0.226. The van der Waals surface area contributed by atoms with Gasteiger partial charge in [-0.3, -0.25) is 0 Å². The second-order valence-electron chi connectivity index (χ2n) is 13.2. The summed E-state index contributed by atoms with van der Waals surface area (Å²) in [6, 6.07) is 22.4. The molecule has 244 valence electrons. The summed E-state index contributed by atoms with van der Waals surface area (Å²) < 4.78 is 75.9. The van der Waals surface area contributed by atoms with E-state index in [1.165, 1.54) is 24.8 Å². The Hall–Kier alpha value is -2.29. The zero-order valence-electron chi connectivity index (χ0n) is 25.9. The van der Waals surface area contributed by atoms with Crippen LogP contribution in [0.15, 0.2) is 87.5 Å². The molecular weight excluding hydrogens is 614 g/mol. The van der Waals surface area contributed by atoms with Crippen LogP contribution in [0.5, 0.6) is 0 Å². The lowest BCUT2D eigenvalue weighted by molar-refractivity contribution is -0.0496. The molecule has 45 heavy (non-hydrogen) atoms. The molecule has 3 aromatic carbocycles. The Bertz CT molecular complexity index is 1440. The Morgan fingerprint density at radius 1 is 0.556 bits per heavy atom. The molecule has 0 aromatic heterocycles. The van der Waals surface area contributed by atoms with Crippen LogP contribution in [-0.2, 0) is 13.7 Å². The SMILES string of the molecule is O=S(=O)(OS(c1ccccc1)(c1ccccc1)c1c(C2CCCCC2)cc(C2CCCCC2)cc1C1CCCCC1)C(F)(F)F. The Labute approximate surface area is 268 Å². The Morgan fingerprint density at radius 3 is 1.31 bits per heavy atom. The zero-order chi connectivity index (χ0) is 31.5. The number of halogens is 3. The van der Waals surface area contributed by atoms with Crippen LogP contribution in [0.3, 0.4) is 0 Å². The molecule has 0 spiro atoms. The van der Waals surface area contributed by atoms with Crippen molar-refractivity contribution in [3.05, 3.63) is 89.5 Å². The van der Waals surface area contributed by atoms with Crippen molar-refractivity contribution >= 4 is 20.4 Å². The molecule has 8 heteroatoms. The molecule has 3 fully saturated rings. The first-order chi connectivity index (χ1) is 21.7. The average Bonchev–Trinajstić information content (AvgIpc) is 3.08. The van der Waals surface area contributed by atoms with E-state index in [0.717, 1.165) is 88.2 Å². The molecule has 0 N–H and O–H groups in total. The summed E-state index contributed by atoms with van der Waals surface area (Å²) in [6.45, 7) is 0. The fourth-order valence-electron chi connectivity index (χ4n) is 8.02. The molecule has 0 atom stereocenters. The predicted molar refractivity (Wildman–Crippen MR) is 175 cm³/mol. The third-order valence-corrected chi connectivity index (χ3v) is 15.3. The Morgan fingerprint density at radius 2 is 0.933 bits per heavy atom. The van der Waals surface area contributed by atoms with Crippen molar-refractivity contribution in [1.82, 2.24) is 0 Å². The summed E-state index contributed by atoms with van der Waals surface area (Å²) in [4.78, 5) is 1.67. The maximum absolute atomic E-state index is 14.4. The van der Waals surface area contributed by atoms with Gasteiger partial charge in [0.15, 0.2) is 0 Å². The van der Waals surface area contributed by atoms with Gasteiger partial charge < -0.3 is 0 Å². The van der Waals surface area contributed by atoms with Gasteiger partial charge in [-0.1, -0.05) is 106 Å². The van der Waals surface area contributed by atoms with Gasteiger partial charge in [0.2, 0.25) is 0 Å². The minimum atomic E-state index is -5.99. The lowest BCUT2D eigenvalue weighted by Gasteiger charge is -2.45. The maximum Gasteiger partial charge on any atom is 0.524 e. The average molecular weight is 659 g/mol. The molecule has 3 nitrogen and oxygen atoms in total. The first-order valence-corrected chi connectivity index (χ1v) is 19.8. The first-order valence-electron chi connectivity index (χ1n) is 16.8. The third-order valence-electron chi connectivity index (χ3n) is 10.2. The van der Waals surface area contributed by atoms with Crippen molar-refractivity contribution in [2.24, 2.45) is 0 Å². The van der Waals surface area contributed by atoms with Crippen LogP contribution in [0.25, 0.3) is 0 Å². The molecule has 0 saturated heterocycles. The van der Waals surface area contributed by atoms with E-state index in [9.17, 15) is 21.6 Å². The summed E-state index contributed by atoms with van der Waals surface area (Å²) >= 11 is 0. The smallest absolute Gasteiger partial charge is 0.200 e. The van der Waals surface area contributed by atoms with Crippen molar-refractivity contribution in [1.29, 1.82) is 0 Å². The van der Waals surface area contributed by atoms with E-state index < -0.39 is 25.9 Å². The first kappa shape index (κ1) is 32.6. The van der Waals surface area contributed by atoms with Gasteiger partial charge in [-0.05, 0) is 108 Å². The van der Waals surface area contributed by atoms with E-state index in [-0.39, 0.29) is 11.8 Å². The van der Waals surface area contributed by atoms with Gasteiger partial charge in [-0.2, -0.15) is 25.2 Å². The van der Waals surface area contributed by atoms with Crippen LogP contribution in [0.1, 0.15) is 131 Å². The second kappa shape index (κ2) is 13.8. The molecule has 0 unspecified atom stereocenters. The van der Waals surface area contributed by atoms with Crippen molar-refractivity contribution in [3.8, 4) is 0 Å². The van der Waals surface area contributed by atoms with E-state index in [1.807, 2.05) is 12.1 Å². The summed E-state index contributed by atoms with van der Waals surface area (Å²) in [5.74, 6) is 0.683.